The van der Waals surface area contributed by atoms with Gasteiger partial charge in [0, 0.05) is 18.7 Å². The summed E-state index contributed by atoms with van der Waals surface area (Å²) in [6, 6.07) is 2.80. The van der Waals surface area contributed by atoms with Gasteiger partial charge in [0.15, 0.2) is 5.76 Å². The second kappa shape index (κ2) is 7.23. The molecular formula is C16H29N3O. The van der Waals surface area contributed by atoms with E-state index in [1.807, 2.05) is 0 Å². The fraction of sp³-hybridized carbons (Fsp3) is 0.812. The van der Waals surface area contributed by atoms with Gasteiger partial charge in [-0.05, 0) is 37.8 Å². The summed E-state index contributed by atoms with van der Waals surface area (Å²) in [7, 11) is 0. The maximum Gasteiger partial charge on any atom is 0.151 e. The highest BCUT2D eigenvalue weighted by Gasteiger charge is 2.27. The Kier molecular flexibility index (Phi) is 5.61. The zero-order valence-corrected chi connectivity index (χ0v) is 13.4. The minimum absolute atomic E-state index is 0.665. The van der Waals surface area contributed by atoms with Crippen molar-refractivity contribution < 1.29 is 4.52 Å². The SMILES string of the molecule is CC(C)CNCc1cc(CN2CCCC2C(C)C)on1. The summed E-state index contributed by atoms with van der Waals surface area (Å²) in [4.78, 5) is 2.54. The standard InChI is InChI=1S/C16H29N3O/c1-12(2)9-17-10-14-8-15(20-18-14)11-19-7-5-6-16(19)13(3)4/h8,12-13,16-17H,5-7,9-11H2,1-4H3. The zero-order chi connectivity index (χ0) is 14.5. The van der Waals surface area contributed by atoms with Crippen molar-refractivity contribution in [2.45, 2.75) is 59.7 Å². The molecule has 1 unspecified atom stereocenters. The topological polar surface area (TPSA) is 41.3 Å². The zero-order valence-electron chi connectivity index (χ0n) is 13.4. The highest BCUT2D eigenvalue weighted by Crippen LogP contribution is 2.25. The van der Waals surface area contributed by atoms with E-state index in [2.05, 4.69) is 49.1 Å². The summed E-state index contributed by atoms with van der Waals surface area (Å²) in [6.07, 6.45) is 2.62. The van der Waals surface area contributed by atoms with Crippen molar-refractivity contribution in [1.82, 2.24) is 15.4 Å². The Balaban J connectivity index is 1.83. The molecule has 1 fully saturated rings. The van der Waals surface area contributed by atoms with E-state index in [9.17, 15) is 0 Å². The molecule has 20 heavy (non-hydrogen) atoms. The maximum atomic E-state index is 5.48. The molecular weight excluding hydrogens is 250 g/mol. The van der Waals surface area contributed by atoms with Gasteiger partial charge in [0.25, 0.3) is 0 Å². The predicted molar refractivity (Wildman–Crippen MR) is 81.3 cm³/mol. The van der Waals surface area contributed by atoms with Gasteiger partial charge in [-0.15, -0.1) is 0 Å². The van der Waals surface area contributed by atoms with Crippen molar-refractivity contribution in [2.24, 2.45) is 11.8 Å². The molecule has 0 saturated carbocycles. The fourth-order valence-corrected chi connectivity index (χ4v) is 3.01. The summed E-state index contributed by atoms with van der Waals surface area (Å²) in [6.45, 7) is 12.9. The third kappa shape index (κ3) is 4.32. The lowest BCUT2D eigenvalue weighted by Crippen LogP contribution is -2.32. The monoisotopic (exact) mass is 279 g/mol. The molecule has 0 radical (unpaired) electrons. The van der Waals surface area contributed by atoms with Crippen molar-refractivity contribution in [3.63, 3.8) is 0 Å². The molecule has 2 heterocycles. The summed E-state index contributed by atoms with van der Waals surface area (Å²) in [5.74, 6) is 2.38. The van der Waals surface area contributed by atoms with Crippen LogP contribution in [0.5, 0.6) is 0 Å². The summed E-state index contributed by atoms with van der Waals surface area (Å²) in [5.41, 5.74) is 1.01. The molecule has 1 aliphatic heterocycles. The quantitative estimate of drug-likeness (QED) is 0.833. The molecule has 4 nitrogen and oxygen atoms in total. The van der Waals surface area contributed by atoms with Crippen LogP contribution < -0.4 is 5.32 Å². The smallest absolute Gasteiger partial charge is 0.151 e. The van der Waals surface area contributed by atoms with Crippen molar-refractivity contribution in [2.75, 3.05) is 13.1 Å². The van der Waals surface area contributed by atoms with E-state index < -0.39 is 0 Å². The van der Waals surface area contributed by atoms with E-state index in [0.717, 1.165) is 31.1 Å². The van der Waals surface area contributed by atoms with Gasteiger partial charge in [0.1, 0.15) is 0 Å². The molecule has 1 N–H and O–H groups in total. The molecule has 0 amide bonds. The lowest BCUT2D eigenvalue weighted by atomic mass is 10.0. The Hall–Kier alpha value is -0.870. The van der Waals surface area contributed by atoms with Crippen LogP contribution in [0.25, 0.3) is 0 Å². The molecule has 1 aliphatic rings. The van der Waals surface area contributed by atoms with Crippen LogP contribution in [0.4, 0.5) is 0 Å². The number of likely N-dealkylation sites (tertiary alicyclic amines) is 1. The van der Waals surface area contributed by atoms with Crippen LogP contribution in [-0.2, 0) is 13.1 Å². The normalized spacial score (nSPS) is 20.4. The second-order valence-electron chi connectivity index (χ2n) is 6.73. The first-order chi connectivity index (χ1) is 9.56. The van der Waals surface area contributed by atoms with Gasteiger partial charge in [-0.1, -0.05) is 32.9 Å². The number of hydrogen-bond donors (Lipinski definition) is 1. The minimum atomic E-state index is 0.665. The first kappa shape index (κ1) is 15.5. The van der Waals surface area contributed by atoms with Crippen molar-refractivity contribution in [1.29, 1.82) is 0 Å². The first-order valence-electron chi connectivity index (χ1n) is 7.95. The first-order valence-corrected chi connectivity index (χ1v) is 7.95. The van der Waals surface area contributed by atoms with Crippen molar-refractivity contribution >= 4 is 0 Å². The van der Waals surface area contributed by atoms with Crippen LogP contribution >= 0.6 is 0 Å². The highest BCUT2D eigenvalue weighted by atomic mass is 16.5. The van der Waals surface area contributed by atoms with Gasteiger partial charge in [-0.25, -0.2) is 0 Å². The van der Waals surface area contributed by atoms with E-state index in [1.54, 1.807) is 0 Å². The highest BCUT2D eigenvalue weighted by molar-refractivity contribution is 5.05. The average Bonchev–Trinajstić information content (AvgIpc) is 2.99. The summed E-state index contributed by atoms with van der Waals surface area (Å²) in [5, 5.41) is 7.56. The van der Waals surface area contributed by atoms with Gasteiger partial charge >= 0.3 is 0 Å². The summed E-state index contributed by atoms with van der Waals surface area (Å²) < 4.78 is 5.48. The number of aromatic nitrogens is 1. The third-order valence-corrected chi connectivity index (χ3v) is 4.01. The van der Waals surface area contributed by atoms with E-state index in [0.29, 0.717) is 17.9 Å². The van der Waals surface area contributed by atoms with Crippen LogP contribution in [0.2, 0.25) is 0 Å². The lowest BCUT2D eigenvalue weighted by Gasteiger charge is -2.26. The Labute approximate surface area is 122 Å². The van der Waals surface area contributed by atoms with E-state index >= 15 is 0 Å². The number of nitrogens with one attached hydrogen (secondary N) is 1. The van der Waals surface area contributed by atoms with Gasteiger partial charge in [0.05, 0.1) is 12.2 Å². The number of rotatable bonds is 7. The molecule has 114 valence electrons. The van der Waals surface area contributed by atoms with Gasteiger partial charge in [-0.3, -0.25) is 4.90 Å². The second-order valence-corrected chi connectivity index (χ2v) is 6.73. The largest absolute Gasteiger partial charge is 0.360 e. The molecule has 2 rings (SSSR count). The molecule has 4 heteroatoms. The van der Waals surface area contributed by atoms with Gasteiger partial charge < -0.3 is 9.84 Å². The fourth-order valence-electron chi connectivity index (χ4n) is 3.01. The minimum Gasteiger partial charge on any atom is -0.360 e. The Morgan fingerprint density at radius 2 is 2.20 bits per heavy atom. The van der Waals surface area contributed by atoms with Crippen LogP contribution in [0.1, 0.15) is 52.0 Å². The van der Waals surface area contributed by atoms with Crippen LogP contribution in [-0.4, -0.2) is 29.2 Å². The predicted octanol–water partition coefficient (Wildman–Crippen LogP) is 3.04. The molecule has 1 saturated heterocycles. The molecule has 0 spiro atoms. The Morgan fingerprint density at radius 3 is 2.90 bits per heavy atom. The molecule has 1 aromatic rings. The van der Waals surface area contributed by atoms with E-state index in [-0.39, 0.29) is 0 Å². The molecule has 1 atom stereocenters. The molecule has 0 bridgehead atoms. The molecule has 0 aliphatic carbocycles. The average molecular weight is 279 g/mol. The summed E-state index contributed by atoms with van der Waals surface area (Å²) >= 11 is 0. The number of nitrogens with zero attached hydrogens (tertiary/aromatic N) is 2. The van der Waals surface area contributed by atoms with Crippen LogP contribution in [0.3, 0.4) is 0 Å². The third-order valence-electron chi connectivity index (χ3n) is 4.01. The van der Waals surface area contributed by atoms with Gasteiger partial charge in [-0.2, -0.15) is 0 Å². The Bertz CT molecular complexity index is 400. The van der Waals surface area contributed by atoms with Gasteiger partial charge in [0.2, 0.25) is 0 Å². The lowest BCUT2D eigenvalue weighted by molar-refractivity contribution is 0.178. The Morgan fingerprint density at radius 1 is 1.40 bits per heavy atom. The number of hydrogen-bond acceptors (Lipinski definition) is 4. The van der Waals surface area contributed by atoms with E-state index in [4.69, 9.17) is 4.52 Å². The molecule has 0 aromatic carbocycles. The maximum absolute atomic E-state index is 5.48. The van der Waals surface area contributed by atoms with Crippen molar-refractivity contribution in [3.05, 3.63) is 17.5 Å². The molecule has 1 aromatic heterocycles. The van der Waals surface area contributed by atoms with Crippen LogP contribution in [0, 0.1) is 11.8 Å². The van der Waals surface area contributed by atoms with Crippen molar-refractivity contribution in [3.8, 4) is 0 Å². The van der Waals surface area contributed by atoms with E-state index in [1.165, 1.54) is 19.4 Å². The van der Waals surface area contributed by atoms with Crippen LogP contribution in [0.15, 0.2) is 10.6 Å².